The standard InChI is InChI=1S/C16H17N3S/c1-19(2)13-9-7-12(8-10-13)18-15-5-4-6-16(20-3)14(15)11-17/h4-10,18H,1-3H3. The summed E-state index contributed by atoms with van der Waals surface area (Å²) in [6, 6.07) is 16.3. The SMILES string of the molecule is CSc1cccc(Nc2ccc(N(C)C)cc2)c1C#N. The first-order valence-electron chi connectivity index (χ1n) is 6.27. The van der Waals surface area contributed by atoms with Crippen LogP contribution in [0.3, 0.4) is 0 Å². The summed E-state index contributed by atoms with van der Waals surface area (Å²) in [6.45, 7) is 0. The molecule has 0 bridgehead atoms. The van der Waals surface area contributed by atoms with Crippen LogP contribution in [0.25, 0.3) is 0 Å². The Kier molecular flexibility index (Phi) is 4.54. The number of rotatable bonds is 4. The third-order valence-corrected chi connectivity index (χ3v) is 3.80. The second kappa shape index (κ2) is 6.36. The van der Waals surface area contributed by atoms with Crippen molar-refractivity contribution in [2.45, 2.75) is 4.90 Å². The van der Waals surface area contributed by atoms with Gasteiger partial charge in [-0.25, -0.2) is 0 Å². The predicted octanol–water partition coefficient (Wildman–Crippen LogP) is 4.09. The van der Waals surface area contributed by atoms with Gasteiger partial charge in [0.05, 0.1) is 11.3 Å². The second-order valence-electron chi connectivity index (χ2n) is 4.56. The molecule has 0 aromatic heterocycles. The Labute approximate surface area is 124 Å². The van der Waals surface area contributed by atoms with Crippen molar-refractivity contribution in [1.29, 1.82) is 5.26 Å². The molecular formula is C16H17N3S. The summed E-state index contributed by atoms with van der Waals surface area (Å²) in [5.74, 6) is 0. The molecule has 0 aliphatic carbocycles. The van der Waals surface area contributed by atoms with Crippen LogP contribution < -0.4 is 10.2 Å². The number of nitrogens with one attached hydrogen (secondary N) is 1. The third-order valence-electron chi connectivity index (χ3n) is 3.02. The number of nitrogens with zero attached hydrogens (tertiary/aromatic N) is 2. The Morgan fingerprint density at radius 2 is 1.80 bits per heavy atom. The molecule has 0 aliphatic rings. The monoisotopic (exact) mass is 283 g/mol. The van der Waals surface area contributed by atoms with Gasteiger partial charge in [0.1, 0.15) is 6.07 Å². The molecule has 4 heteroatoms. The van der Waals surface area contributed by atoms with E-state index in [1.807, 2.05) is 62.8 Å². The van der Waals surface area contributed by atoms with Gasteiger partial charge >= 0.3 is 0 Å². The number of nitriles is 1. The molecule has 0 spiro atoms. The Morgan fingerprint density at radius 1 is 1.10 bits per heavy atom. The van der Waals surface area contributed by atoms with E-state index in [2.05, 4.69) is 16.3 Å². The maximum Gasteiger partial charge on any atom is 0.103 e. The topological polar surface area (TPSA) is 39.1 Å². The normalized spacial score (nSPS) is 9.90. The van der Waals surface area contributed by atoms with Crippen molar-refractivity contribution in [2.75, 3.05) is 30.6 Å². The van der Waals surface area contributed by atoms with E-state index in [4.69, 9.17) is 0 Å². The molecule has 0 unspecified atom stereocenters. The highest BCUT2D eigenvalue weighted by Crippen LogP contribution is 2.29. The highest BCUT2D eigenvalue weighted by molar-refractivity contribution is 7.98. The summed E-state index contributed by atoms with van der Waals surface area (Å²) >= 11 is 1.58. The van der Waals surface area contributed by atoms with Crippen LogP contribution in [-0.4, -0.2) is 20.4 Å². The molecule has 0 fully saturated rings. The lowest BCUT2D eigenvalue weighted by atomic mass is 10.2. The number of benzene rings is 2. The summed E-state index contributed by atoms with van der Waals surface area (Å²) in [5.41, 5.74) is 3.66. The molecule has 3 nitrogen and oxygen atoms in total. The van der Waals surface area contributed by atoms with Crippen LogP contribution in [-0.2, 0) is 0 Å². The molecule has 2 aromatic carbocycles. The van der Waals surface area contributed by atoms with Gasteiger partial charge in [0, 0.05) is 30.4 Å². The smallest absolute Gasteiger partial charge is 0.103 e. The fourth-order valence-corrected chi connectivity index (χ4v) is 2.49. The molecule has 0 heterocycles. The number of hydrogen-bond acceptors (Lipinski definition) is 4. The van der Waals surface area contributed by atoms with E-state index in [1.54, 1.807) is 11.8 Å². The van der Waals surface area contributed by atoms with Crippen LogP contribution >= 0.6 is 11.8 Å². The van der Waals surface area contributed by atoms with Crippen LogP contribution in [0.15, 0.2) is 47.4 Å². The molecule has 2 rings (SSSR count). The lowest BCUT2D eigenvalue weighted by Gasteiger charge is -2.14. The Hall–Kier alpha value is -2.12. The predicted molar refractivity (Wildman–Crippen MR) is 87.0 cm³/mol. The second-order valence-corrected chi connectivity index (χ2v) is 5.41. The molecule has 1 N–H and O–H groups in total. The van der Waals surface area contributed by atoms with Crippen LogP contribution in [0.4, 0.5) is 17.1 Å². The summed E-state index contributed by atoms with van der Waals surface area (Å²) in [4.78, 5) is 3.04. The maximum atomic E-state index is 9.32. The van der Waals surface area contributed by atoms with Crippen molar-refractivity contribution in [3.8, 4) is 6.07 Å². The Balaban J connectivity index is 2.28. The lowest BCUT2D eigenvalue weighted by molar-refractivity contribution is 1.13. The van der Waals surface area contributed by atoms with E-state index in [0.717, 1.165) is 22.0 Å². The van der Waals surface area contributed by atoms with Crippen molar-refractivity contribution in [1.82, 2.24) is 0 Å². The van der Waals surface area contributed by atoms with E-state index in [-0.39, 0.29) is 0 Å². The van der Waals surface area contributed by atoms with E-state index in [9.17, 15) is 5.26 Å². The summed E-state index contributed by atoms with van der Waals surface area (Å²) in [7, 11) is 4.02. The molecule has 102 valence electrons. The molecule has 0 aliphatic heterocycles. The zero-order valence-electron chi connectivity index (χ0n) is 11.8. The van der Waals surface area contributed by atoms with E-state index in [1.165, 1.54) is 0 Å². The van der Waals surface area contributed by atoms with Gasteiger partial charge < -0.3 is 10.2 Å². The molecule has 2 aromatic rings. The quantitative estimate of drug-likeness (QED) is 0.858. The molecule has 0 amide bonds. The molecule has 20 heavy (non-hydrogen) atoms. The average molecular weight is 283 g/mol. The average Bonchev–Trinajstić information content (AvgIpc) is 2.47. The van der Waals surface area contributed by atoms with Crippen molar-refractivity contribution < 1.29 is 0 Å². The van der Waals surface area contributed by atoms with Gasteiger partial charge in [-0.3, -0.25) is 0 Å². The molecule has 0 atom stereocenters. The number of anilines is 3. The minimum absolute atomic E-state index is 0.691. The van der Waals surface area contributed by atoms with Gasteiger partial charge in [-0.15, -0.1) is 11.8 Å². The van der Waals surface area contributed by atoms with Gasteiger partial charge in [0.15, 0.2) is 0 Å². The summed E-state index contributed by atoms with van der Waals surface area (Å²) in [5, 5.41) is 12.6. The molecule has 0 radical (unpaired) electrons. The van der Waals surface area contributed by atoms with Gasteiger partial charge in [0.2, 0.25) is 0 Å². The first-order valence-corrected chi connectivity index (χ1v) is 7.49. The van der Waals surface area contributed by atoms with Crippen LogP contribution in [0, 0.1) is 11.3 Å². The zero-order valence-corrected chi connectivity index (χ0v) is 12.7. The lowest BCUT2D eigenvalue weighted by Crippen LogP contribution is -2.08. The van der Waals surface area contributed by atoms with Crippen molar-refractivity contribution in [3.63, 3.8) is 0 Å². The molecule has 0 saturated carbocycles. The fourth-order valence-electron chi connectivity index (χ4n) is 1.92. The third kappa shape index (κ3) is 3.06. The van der Waals surface area contributed by atoms with Gasteiger partial charge in [0.25, 0.3) is 0 Å². The number of hydrogen-bond donors (Lipinski definition) is 1. The van der Waals surface area contributed by atoms with Crippen molar-refractivity contribution in [3.05, 3.63) is 48.0 Å². The minimum atomic E-state index is 0.691. The summed E-state index contributed by atoms with van der Waals surface area (Å²) < 4.78 is 0. The van der Waals surface area contributed by atoms with E-state index in [0.29, 0.717) is 5.56 Å². The summed E-state index contributed by atoms with van der Waals surface area (Å²) in [6.07, 6.45) is 1.98. The highest BCUT2D eigenvalue weighted by atomic mass is 32.2. The largest absolute Gasteiger partial charge is 0.378 e. The van der Waals surface area contributed by atoms with Crippen molar-refractivity contribution >= 4 is 28.8 Å². The zero-order chi connectivity index (χ0) is 14.5. The van der Waals surface area contributed by atoms with Crippen LogP contribution in [0.2, 0.25) is 0 Å². The molecule has 0 saturated heterocycles. The fraction of sp³-hybridized carbons (Fsp3) is 0.188. The van der Waals surface area contributed by atoms with Crippen molar-refractivity contribution in [2.24, 2.45) is 0 Å². The van der Waals surface area contributed by atoms with Gasteiger partial charge in [-0.1, -0.05) is 6.07 Å². The minimum Gasteiger partial charge on any atom is -0.378 e. The maximum absolute atomic E-state index is 9.32. The number of thioether (sulfide) groups is 1. The van der Waals surface area contributed by atoms with Gasteiger partial charge in [-0.05, 0) is 42.7 Å². The Bertz CT molecular complexity index is 627. The van der Waals surface area contributed by atoms with E-state index >= 15 is 0 Å². The van der Waals surface area contributed by atoms with E-state index < -0.39 is 0 Å². The first-order chi connectivity index (χ1) is 9.65. The molecular weight excluding hydrogens is 266 g/mol. The van der Waals surface area contributed by atoms with Crippen LogP contribution in [0.5, 0.6) is 0 Å². The first kappa shape index (κ1) is 14.3. The van der Waals surface area contributed by atoms with Crippen LogP contribution in [0.1, 0.15) is 5.56 Å². The highest BCUT2D eigenvalue weighted by Gasteiger charge is 2.07. The van der Waals surface area contributed by atoms with Gasteiger partial charge in [-0.2, -0.15) is 5.26 Å². The Morgan fingerprint density at radius 3 is 2.35 bits per heavy atom.